The molecule has 5 rings (SSSR count). The van der Waals surface area contributed by atoms with Crippen molar-refractivity contribution in [1.29, 1.82) is 0 Å². The summed E-state index contributed by atoms with van der Waals surface area (Å²) in [5.74, 6) is -4.34. The average Bonchev–Trinajstić information content (AvgIpc) is 3.69. The number of halogens is 3. The third kappa shape index (κ3) is 9.68. The highest BCUT2D eigenvalue weighted by atomic mass is 19.4. The Balaban J connectivity index is 1.45. The zero-order valence-electron chi connectivity index (χ0n) is 31.3. The van der Waals surface area contributed by atoms with Crippen molar-refractivity contribution in [2.75, 3.05) is 19.8 Å². The van der Waals surface area contributed by atoms with E-state index in [2.05, 4.69) is 29.2 Å². The van der Waals surface area contributed by atoms with E-state index in [9.17, 15) is 42.6 Å². The fraction of sp³-hybridized carbons (Fsp3) is 0.684. The lowest BCUT2D eigenvalue weighted by atomic mass is 9.62. The number of unbranched alkanes of at least 4 members (excludes halogenated alkanes) is 4. The number of ether oxygens (including phenoxy) is 4. The summed E-state index contributed by atoms with van der Waals surface area (Å²) in [6, 6.07) is 3.81. The zero-order valence-corrected chi connectivity index (χ0v) is 31.3. The largest absolute Gasteiger partial charge is 0.458 e. The van der Waals surface area contributed by atoms with Crippen molar-refractivity contribution in [2.45, 2.75) is 140 Å². The minimum Gasteiger partial charge on any atom is -0.458 e. The Hall–Kier alpha value is -3.61. The van der Waals surface area contributed by atoms with Gasteiger partial charge in [-0.15, -0.1) is 0 Å². The lowest BCUT2D eigenvalue weighted by Crippen LogP contribution is -2.71. The molecule has 0 unspecified atom stereocenters. The number of amides is 2. The zero-order chi connectivity index (χ0) is 40.0. The first-order chi connectivity index (χ1) is 26.2. The maximum atomic E-state index is 14.7. The van der Waals surface area contributed by atoms with E-state index in [4.69, 9.17) is 19.0 Å². The van der Waals surface area contributed by atoms with Crippen LogP contribution < -0.4 is 10.6 Å². The molecule has 1 saturated carbocycles. The molecule has 1 aromatic rings. The quantitative estimate of drug-likeness (QED) is 0.0916. The van der Waals surface area contributed by atoms with E-state index < -0.39 is 90.3 Å². The van der Waals surface area contributed by atoms with Gasteiger partial charge in [-0.25, -0.2) is 4.79 Å². The van der Waals surface area contributed by atoms with Gasteiger partial charge in [0.25, 0.3) is 0 Å². The Bertz CT molecular complexity index is 1530. The van der Waals surface area contributed by atoms with E-state index in [0.717, 1.165) is 44.6 Å². The predicted molar refractivity (Wildman–Crippen MR) is 188 cm³/mol. The van der Waals surface area contributed by atoms with Crippen molar-refractivity contribution in [3.63, 3.8) is 0 Å². The molecule has 0 radical (unpaired) electrons. The molecular formula is C38H52F3N3O11. The van der Waals surface area contributed by atoms with E-state index >= 15 is 0 Å². The topological polar surface area (TPSA) is 182 Å². The molecule has 55 heavy (non-hydrogen) atoms. The molecule has 3 saturated heterocycles. The van der Waals surface area contributed by atoms with Crippen molar-refractivity contribution >= 4 is 29.8 Å². The Labute approximate surface area is 318 Å². The van der Waals surface area contributed by atoms with Gasteiger partial charge in [-0.1, -0.05) is 63.8 Å². The van der Waals surface area contributed by atoms with Gasteiger partial charge >= 0.3 is 18.1 Å². The van der Waals surface area contributed by atoms with Crippen LogP contribution in [0.25, 0.3) is 6.08 Å². The molecule has 2 amide bonds. The highest BCUT2D eigenvalue weighted by molar-refractivity contribution is 5.96. The van der Waals surface area contributed by atoms with Crippen molar-refractivity contribution in [2.24, 2.45) is 5.41 Å². The SMILES string of the molecule is CCCCCC1(CCCCC)O[C@@H]2[C@H](O1)[C@H]1ON(Cc3ccc(C=CC(=O)OCC(F)(F)F)cc3)[C@H]3C(=O)O[C@@H]2C[C@@]13C(=O)N[C@@H](C(=O)NCCO)[C@H](C)O. The van der Waals surface area contributed by atoms with Gasteiger partial charge in [0.2, 0.25) is 11.8 Å². The van der Waals surface area contributed by atoms with Gasteiger partial charge in [0.1, 0.15) is 35.9 Å². The Morgan fingerprint density at radius 2 is 1.71 bits per heavy atom. The van der Waals surface area contributed by atoms with Gasteiger partial charge in [0, 0.05) is 31.9 Å². The molecule has 17 heteroatoms. The van der Waals surface area contributed by atoms with Crippen LogP contribution in [0.4, 0.5) is 13.2 Å². The highest BCUT2D eigenvalue weighted by Gasteiger charge is 2.76. The van der Waals surface area contributed by atoms with Gasteiger partial charge in [-0.3, -0.25) is 19.2 Å². The van der Waals surface area contributed by atoms with E-state index in [1.54, 1.807) is 24.3 Å². The molecule has 8 atom stereocenters. The lowest BCUT2D eigenvalue weighted by Gasteiger charge is -2.49. The molecule has 1 aromatic carbocycles. The maximum absolute atomic E-state index is 14.7. The summed E-state index contributed by atoms with van der Waals surface area (Å²) in [4.78, 5) is 60.1. The number of alkyl halides is 3. The maximum Gasteiger partial charge on any atom is 0.422 e. The summed E-state index contributed by atoms with van der Waals surface area (Å²) in [5, 5.41) is 26.3. The first kappa shape index (κ1) is 42.5. The minimum absolute atomic E-state index is 0.0140. The van der Waals surface area contributed by atoms with Crippen LogP contribution in [0.3, 0.4) is 0 Å². The summed E-state index contributed by atoms with van der Waals surface area (Å²) < 4.78 is 61.0. The standard InChI is InChI=1S/C38H52F3N3O11/c1-4-6-8-16-36(17-9-7-5-2)53-29-26-20-37(35(50)43-28(23(3)46)33(48)42-18-19-45)31(34(49)52-26)44(55-32(37)30(29)54-36)21-25-12-10-24(11-13-25)14-15-27(47)51-22-38(39,40)41/h10-15,23,26,28-32,45-46H,4-9,16-22H2,1-3H3,(H,42,48)(H,43,50)/t23-,26+,28+,29-,30-,31-,32+,37-/m0/s1. The number of esters is 2. The minimum atomic E-state index is -4.65. The molecule has 4 N–H and O–H groups in total. The molecule has 4 fully saturated rings. The Morgan fingerprint density at radius 1 is 1.05 bits per heavy atom. The number of hydrogen-bond acceptors (Lipinski definition) is 12. The molecule has 1 aliphatic carbocycles. The third-order valence-electron chi connectivity index (χ3n) is 10.6. The number of carbonyl (C=O) groups excluding carboxylic acids is 4. The van der Waals surface area contributed by atoms with Crippen LogP contribution in [-0.2, 0) is 49.5 Å². The van der Waals surface area contributed by atoms with E-state index in [-0.39, 0.29) is 26.1 Å². The van der Waals surface area contributed by atoms with Crippen molar-refractivity contribution in [1.82, 2.24) is 15.7 Å². The smallest absolute Gasteiger partial charge is 0.422 e. The van der Waals surface area contributed by atoms with Crippen LogP contribution in [0.2, 0.25) is 0 Å². The van der Waals surface area contributed by atoms with Crippen molar-refractivity contribution in [3.8, 4) is 0 Å². The molecule has 0 aromatic heterocycles. The second kappa shape index (κ2) is 18.1. The normalized spacial score (nSPS) is 28.0. The van der Waals surface area contributed by atoms with Crippen LogP contribution in [0.1, 0.15) is 89.7 Å². The fourth-order valence-electron chi connectivity index (χ4n) is 7.95. The van der Waals surface area contributed by atoms with Crippen LogP contribution in [-0.4, -0.2) is 113 Å². The number of aliphatic hydroxyl groups excluding tert-OH is 2. The number of nitrogens with zero attached hydrogens (tertiary/aromatic N) is 1. The fourth-order valence-corrected chi connectivity index (χ4v) is 7.95. The number of carbonyl (C=O) groups is 4. The summed E-state index contributed by atoms with van der Waals surface area (Å²) in [6.07, 6.45) is -0.655. The molecular weight excluding hydrogens is 731 g/mol. The summed E-state index contributed by atoms with van der Waals surface area (Å²) in [5.41, 5.74) is -0.554. The summed E-state index contributed by atoms with van der Waals surface area (Å²) >= 11 is 0. The molecule has 3 heterocycles. The summed E-state index contributed by atoms with van der Waals surface area (Å²) in [7, 11) is 0. The van der Waals surface area contributed by atoms with E-state index in [1.165, 1.54) is 18.1 Å². The van der Waals surface area contributed by atoms with Gasteiger partial charge in [0.15, 0.2) is 18.4 Å². The van der Waals surface area contributed by atoms with E-state index in [1.807, 2.05) is 0 Å². The number of fused-ring (bicyclic) bond motifs is 4. The van der Waals surface area contributed by atoms with Gasteiger partial charge in [0.05, 0.1) is 19.3 Å². The number of rotatable bonds is 19. The van der Waals surface area contributed by atoms with Crippen LogP contribution in [0, 0.1) is 5.41 Å². The Kier molecular flexibility index (Phi) is 14.0. The van der Waals surface area contributed by atoms with Gasteiger partial charge in [-0.05, 0) is 37.0 Å². The first-order valence-corrected chi connectivity index (χ1v) is 19.0. The van der Waals surface area contributed by atoms with E-state index in [0.29, 0.717) is 24.0 Å². The molecule has 306 valence electrons. The Morgan fingerprint density at radius 3 is 2.31 bits per heavy atom. The second-order valence-electron chi connectivity index (χ2n) is 14.7. The number of benzene rings is 1. The van der Waals surface area contributed by atoms with Crippen LogP contribution in [0.5, 0.6) is 0 Å². The number of hydroxylamine groups is 2. The highest BCUT2D eigenvalue weighted by Crippen LogP contribution is 2.58. The monoisotopic (exact) mass is 783 g/mol. The molecule has 14 nitrogen and oxygen atoms in total. The lowest BCUT2D eigenvalue weighted by molar-refractivity contribution is -0.224. The first-order valence-electron chi connectivity index (χ1n) is 19.0. The summed E-state index contributed by atoms with van der Waals surface area (Å²) in [6.45, 7) is 3.33. The van der Waals surface area contributed by atoms with Crippen LogP contribution in [0.15, 0.2) is 30.3 Å². The molecule has 0 spiro atoms. The predicted octanol–water partition coefficient (Wildman–Crippen LogP) is 3.22. The van der Waals surface area contributed by atoms with Gasteiger partial charge < -0.3 is 39.8 Å². The number of hydrogen-bond donors (Lipinski definition) is 4. The second-order valence-corrected chi connectivity index (χ2v) is 14.7. The van der Waals surface area contributed by atoms with Crippen molar-refractivity contribution < 1.29 is 66.3 Å². The van der Waals surface area contributed by atoms with Crippen molar-refractivity contribution in [3.05, 3.63) is 41.5 Å². The number of nitrogens with one attached hydrogen (secondary N) is 2. The molecule has 4 aliphatic rings. The number of aliphatic hydroxyl groups is 2. The van der Waals surface area contributed by atoms with Gasteiger partial charge in [-0.2, -0.15) is 18.2 Å². The molecule has 2 bridgehead atoms. The molecule has 3 aliphatic heterocycles. The van der Waals surface area contributed by atoms with Crippen LogP contribution >= 0.6 is 0 Å². The third-order valence-corrected chi connectivity index (χ3v) is 10.6. The average molecular weight is 784 g/mol.